The van der Waals surface area contributed by atoms with Gasteiger partial charge in [-0.25, -0.2) is 4.98 Å². The van der Waals surface area contributed by atoms with Crippen LogP contribution in [0.5, 0.6) is 0 Å². The van der Waals surface area contributed by atoms with Crippen molar-refractivity contribution in [1.29, 1.82) is 0 Å². The minimum Gasteiger partial charge on any atom is -0.398 e. The Balaban J connectivity index is 1.91. The molecule has 0 aliphatic carbocycles. The van der Waals surface area contributed by atoms with Gasteiger partial charge in [-0.05, 0) is 45.3 Å². The monoisotopic (exact) mass is 289 g/mol. The third kappa shape index (κ3) is 1.89. The molecule has 0 amide bonds. The largest absolute Gasteiger partial charge is 0.398 e. The molecule has 86 valence electrons. The molecule has 2 heterocycles. The molecule has 17 heavy (non-hydrogen) atoms. The Hall–Kier alpha value is -1.55. The van der Waals surface area contributed by atoms with Gasteiger partial charge in [0.15, 0.2) is 0 Å². The highest BCUT2D eigenvalue weighted by Crippen LogP contribution is 2.30. The highest BCUT2D eigenvalue weighted by molar-refractivity contribution is 9.10. The summed E-state index contributed by atoms with van der Waals surface area (Å²) in [6.45, 7) is 1.73. The number of anilines is 2. The fourth-order valence-corrected chi connectivity index (χ4v) is 2.40. The number of pyridine rings is 1. The molecule has 0 radical (unpaired) electrons. The van der Waals surface area contributed by atoms with Crippen molar-refractivity contribution in [1.82, 2.24) is 4.98 Å². The van der Waals surface area contributed by atoms with Crippen molar-refractivity contribution in [2.45, 2.75) is 13.1 Å². The second-order valence-corrected chi connectivity index (χ2v) is 5.09. The number of rotatable bonds is 1. The van der Waals surface area contributed by atoms with Gasteiger partial charge in [0, 0.05) is 29.4 Å². The van der Waals surface area contributed by atoms with E-state index in [4.69, 9.17) is 5.73 Å². The number of nitrogens with two attached hydrogens (primary N) is 1. The van der Waals surface area contributed by atoms with Gasteiger partial charge in [0.05, 0.1) is 0 Å². The van der Waals surface area contributed by atoms with E-state index in [-0.39, 0.29) is 0 Å². The van der Waals surface area contributed by atoms with Crippen molar-refractivity contribution < 1.29 is 0 Å². The van der Waals surface area contributed by atoms with Crippen molar-refractivity contribution in [3.8, 4) is 0 Å². The van der Waals surface area contributed by atoms with Crippen LogP contribution in [0.2, 0.25) is 0 Å². The number of hydrogen-bond acceptors (Lipinski definition) is 3. The van der Waals surface area contributed by atoms with E-state index in [1.54, 1.807) is 0 Å². The van der Waals surface area contributed by atoms with Crippen LogP contribution in [-0.2, 0) is 13.1 Å². The summed E-state index contributed by atoms with van der Waals surface area (Å²) in [5.74, 6) is 0.990. The molecular weight excluding hydrogens is 278 g/mol. The average molecular weight is 290 g/mol. The summed E-state index contributed by atoms with van der Waals surface area (Å²) in [7, 11) is 0. The Kier molecular flexibility index (Phi) is 2.52. The number of aromatic nitrogens is 1. The molecule has 0 bridgehead atoms. The van der Waals surface area contributed by atoms with E-state index in [0.29, 0.717) is 0 Å². The van der Waals surface area contributed by atoms with Crippen molar-refractivity contribution in [3.63, 3.8) is 0 Å². The maximum Gasteiger partial charge on any atom is 0.129 e. The van der Waals surface area contributed by atoms with Gasteiger partial charge in [0.25, 0.3) is 0 Å². The lowest BCUT2D eigenvalue weighted by Crippen LogP contribution is -2.15. The fourth-order valence-electron chi connectivity index (χ4n) is 2.16. The van der Waals surface area contributed by atoms with Crippen LogP contribution in [-0.4, -0.2) is 4.98 Å². The Morgan fingerprint density at radius 2 is 2.06 bits per heavy atom. The van der Waals surface area contributed by atoms with E-state index in [1.165, 1.54) is 11.1 Å². The quantitative estimate of drug-likeness (QED) is 0.821. The van der Waals surface area contributed by atoms with Crippen LogP contribution in [0.1, 0.15) is 11.1 Å². The van der Waals surface area contributed by atoms with Gasteiger partial charge < -0.3 is 10.6 Å². The zero-order valence-corrected chi connectivity index (χ0v) is 10.8. The molecule has 0 saturated heterocycles. The first-order chi connectivity index (χ1) is 8.24. The SMILES string of the molecule is Nc1cccc2c1CN(c1ccc(Br)cn1)C2. The van der Waals surface area contributed by atoms with Crippen LogP contribution in [0, 0.1) is 0 Å². The summed E-state index contributed by atoms with van der Waals surface area (Å²) < 4.78 is 0.998. The molecule has 1 aliphatic rings. The molecule has 4 heteroatoms. The number of fused-ring (bicyclic) bond motifs is 1. The molecule has 3 rings (SSSR count). The van der Waals surface area contributed by atoms with Crippen molar-refractivity contribution in [2.24, 2.45) is 0 Å². The third-order valence-corrected chi connectivity index (χ3v) is 3.52. The number of nitrogen functional groups attached to an aromatic ring is 1. The second kappa shape index (κ2) is 4.04. The highest BCUT2D eigenvalue weighted by Gasteiger charge is 2.21. The van der Waals surface area contributed by atoms with Gasteiger partial charge in [-0.1, -0.05) is 12.1 Å². The molecule has 3 nitrogen and oxygen atoms in total. The normalized spacial score (nSPS) is 13.8. The number of nitrogens with zero attached hydrogens (tertiary/aromatic N) is 2. The van der Waals surface area contributed by atoms with Gasteiger partial charge in [0.2, 0.25) is 0 Å². The fraction of sp³-hybridized carbons (Fsp3) is 0.154. The molecule has 1 aromatic carbocycles. The summed E-state index contributed by atoms with van der Waals surface area (Å²) in [5, 5.41) is 0. The zero-order chi connectivity index (χ0) is 11.8. The van der Waals surface area contributed by atoms with Gasteiger partial charge in [0.1, 0.15) is 5.82 Å². The van der Waals surface area contributed by atoms with Crippen LogP contribution in [0.15, 0.2) is 41.0 Å². The predicted molar refractivity (Wildman–Crippen MR) is 72.7 cm³/mol. The molecule has 0 atom stereocenters. The topological polar surface area (TPSA) is 42.1 Å². The van der Waals surface area contributed by atoms with Crippen LogP contribution in [0.3, 0.4) is 0 Å². The lowest BCUT2D eigenvalue weighted by Gasteiger charge is -2.16. The molecule has 1 aromatic heterocycles. The average Bonchev–Trinajstić information content (AvgIpc) is 2.75. The number of benzene rings is 1. The lowest BCUT2D eigenvalue weighted by atomic mass is 10.1. The van der Waals surface area contributed by atoms with E-state index >= 15 is 0 Å². The van der Waals surface area contributed by atoms with Crippen LogP contribution < -0.4 is 10.6 Å². The van der Waals surface area contributed by atoms with Gasteiger partial charge in [-0.3, -0.25) is 0 Å². The lowest BCUT2D eigenvalue weighted by molar-refractivity contribution is 0.857. The van der Waals surface area contributed by atoms with E-state index in [9.17, 15) is 0 Å². The Morgan fingerprint density at radius 1 is 1.18 bits per heavy atom. The third-order valence-electron chi connectivity index (χ3n) is 3.06. The van der Waals surface area contributed by atoms with E-state index in [2.05, 4.69) is 31.9 Å². The summed E-state index contributed by atoms with van der Waals surface area (Å²) in [5.41, 5.74) is 9.39. The predicted octanol–water partition coefficient (Wildman–Crippen LogP) is 2.95. The Labute approximate surface area is 108 Å². The van der Waals surface area contributed by atoms with E-state index in [1.807, 2.05) is 30.5 Å². The highest BCUT2D eigenvalue weighted by atomic mass is 79.9. The van der Waals surface area contributed by atoms with Crippen LogP contribution >= 0.6 is 15.9 Å². The van der Waals surface area contributed by atoms with Gasteiger partial charge in [-0.2, -0.15) is 0 Å². The second-order valence-electron chi connectivity index (χ2n) is 4.18. The molecule has 0 spiro atoms. The Bertz CT molecular complexity index is 551. The van der Waals surface area contributed by atoms with Crippen molar-refractivity contribution in [2.75, 3.05) is 10.6 Å². The van der Waals surface area contributed by atoms with Crippen molar-refractivity contribution >= 4 is 27.4 Å². The summed E-state index contributed by atoms with van der Waals surface area (Å²) >= 11 is 3.39. The maximum atomic E-state index is 5.98. The minimum atomic E-state index is 0.844. The molecule has 0 saturated carbocycles. The summed E-state index contributed by atoms with van der Waals surface area (Å²) in [4.78, 5) is 6.64. The Morgan fingerprint density at radius 3 is 2.76 bits per heavy atom. The smallest absolute Gasteiger partial charge is 0.129 e. The number of hydrogen-bond donors (Lipinski definition) is 1. The number of halogens is 1. The zero-order valence-electron chi connectivity index (χ0n) is 9.23. The van der Waals surface area contributed by atoms with E-state index < -0.39 is 0 Å². The summed E-state index contributed by atoms with van der Waals surface area (Å²) in [6.07, 6.45) is 1.82. The first-order valence-electron chi connectivity index (χ1n) is 5.47. The van der Waals surface area contributed by atoms with Crippen molar-refractivity contribution in [3.05, 3.63) is 52.1 Å². The maximum absolute atomic E-state index is 5.98. The summed E-state index contributed by atoms with van der Waals surface area (Å²) in [6, 6.07) is 10.1. The van der Waals surface area contributed by atoms with Gasteiger partial charge >= 0.3 is 0 Å². The molecular formula is C13H12BrN3. The standard InChI is InChI=1S/C13H12BrN3/c14-10-4-5-13(16-6-10)17-7-9-2-1-3-12(15)11(9)8-17/h1-6H,7-8,15H2. The molecule has 1 aliphatic heterocycles. The molecule has 2 aromatic rings. The minimum absolute atomic E-state index is 0.844. The first kappa shape index (κ1) is 10.6. The first-order valence-corrected chi connectivity index (χ1v) is 6.26. The molecule has 0 fully saturated rings. The van der Waals surface area contributed by atoms with Gasteiger partial charge in [-0.15, -0.1) is 0 Å². The van der Waals surface area contributed by atoms with Crippen LogP contribution in [0.25, 0.3) is 0 Å². The molecule has 0 unspecified atom stereocenters. The molecule has 2 N–H and O–H groups in total. The van der Waals surface area contributed by atoms with Crippen LogP contribution in [0.4, 0.5) is 11.5 Å². The van der Waals surface area contributed by atoms with E-state index in [0.717, 1.165) is 29.1 Å².